The molecule has 4 amide bonds. The maximum absolute atomic E-state index is 13.3. The summed E-state index contributed by atoms with van der Waals surface area (Å²) in [6.45, 7) is 3.93. The molecule has 5 rings (SSSR count). The number of piperidine rings is 3. The number of carbonyl (C=O) groups excluding carboxylic acids is 4. The molecule has 0 saturated carbocycles. The van der Waals surface area contributed by atoms with Gasteiger partial charge in [-0.1, -0.05) is 6.07 Å². The summed E-state index contributed by atoms with van der Waals surface area (Å²) in [5.74, 6) is -0.319. The maximum atomic E-state index is 13.3. The van der Waals surface area contributed by atoms with E-state index in [1.165, 1.54) is 12.8 Å². The van der Waals surface area contributed by atoms with E-state index in [-0.39, 0.29) is 31.2 Å². The Hall–Kier alpha value is -2.45. The molecule has 1 aromatic carbocycles. The van der Waals surface area contributed by atoms with Gasteiger partial charge in [-0.15, -0.1) is 12.4 Å². The molecule has 0 aromatic heterocycles. The van der Waals surface area contributed by atoms with Gasteiger partial charge in [0.1, 0.15) is 6.04 Å². The number of nitrogens with zero attached hydrogens (tertiary/aromatic N) is 2. The molecule has 0 bridgehead atoms. The first-order valence-electron chi connectivity index (χ1n) is 11.3. The highest BCUT2D eigenvalue weighted by Crippen LogP contribution is 2.37. The van der Waals surface area contributed by atoms with Gasteiger partial charge in [-0.25, -0.2) is 0 Å². The van der Waals surface area contributed by atoms with Crippen LogP contribution in [0.1, 0.15) is 59.2 Å². The van der Waals surface area contributed by atoms with Crippen molar-refractivity contribution in [2.24, 2.45) is 11.8 Å². The first-order valence-corrected chi connectivity index (χ1v) is 11.3. The SMILES string of the molecule is Cl.O=C1CCC(N2C(=O)c3cccc(N4CCC(C5CCNCC5)CC4)c3C2=O)C(=O)N1. The van der Waals surface area contributed by atoms with Gasteiger partial charge in [-0.3, -0.25) is 29.4 Å². The lowest BCUT2D eigenvalue weighted by Gasteiger charge is -2.39. The van der Waals surface area contributed by atoms with Gasteiger partial charge in [-0.2, -0.15) is 0 Å². The van der Waals surface area contributed by atoms with E-state index in [2.05, 4.69) is 15.5 Å². The quantitative estimate of drug-likeness (QED) is 0.666. The van der Waals surface area contributed by atoms with Crippen molar-refractivity contribution >= 4 is 41.7 Å². The minimum absolute atomic E-state index is 0. The van der Waals surface area contributed by atoms with Crippen molar-refractivity contribution in [2.75, 3.05) is 31.1 Å². The average Bonchev–Trinajstić information content (AvgIpc) is 3.05. The van der Waals surface area contributed by atoms with Crippen LogP contribution >= 0.6 is 12.4 Å². The number of benzene rings is 1. The van der Waals surface area contributed by atoms with Gasteiger partial charge in [0.25, 0.3) is 11.8 Å². The zero-order chi connectivity index (χ0) is 21.5. The van der Waals surface area contributed by atoms with E-state index in [1.54, 1.807) is 6.07 Å². The molecule has 4 aliphatic heterocycles. The zero-order valence-corrected chi connectivity index (χ0v) is 18.8. The van der Waals surface area contributed by atoms with Crippen LogP contribution in [0.5, 0.6) is 0 Å². The lowest BCUT2D eigenvalue weighted by molar-refractivity contribution is -0.136. The van der Waals surface area contributed by atoms with E-state index in [0.29, 0.717) is 17.0 Å². The van der Waals surface area contributed by atoms with Crippen LogP contribution in [-0.2, 0) is 9.59 Å². The number of imide groups is 2. The highest BCUT2D eigenvalue weighted by atomic mass is 35.5. The molecule has 4 aliphatic rings. The number of rotatable bonds is 3. The molecule has 0 aliphatic carbocycles. The number of halogens is 1. The second-order valence-corrected chi connectivity index (χ2v) is 9.06. The molecule has 4 heterocycles. The summed E-state index contributed by atoms with van der Waals surface area (Å²) >= 11 is 0. The molecule has 0 spiro atoms. The van der Waals surface area contributed by atoms with E-state index < -0.39 is 23.8 Å². The van der Waals surface area contributed by atoms with Crippen molar-refractivity contribution in [3.63, 3.8) is 0 Å². The van der Waals surface area contributed by atoms with E-state index >= 15 is 0 Å². The molecule has 8 nitrogen and oxygen atoms in total. The summed E-state index contributed by atoms with van der Waals surface area (Å²) in [6.07, 6.45) is 4.95. The maximum Gasteiger partial charge on any atom is 0.264 e. The van der Waals surface area contributed by atoms with E-state index in [4.69, 9.17) is 0 Å². The van der Waals surface area contributed by atoms with Crippen molar-refractivity contribution < 1.29 is 19.2 Å². The number of anilines is 1. The molecule has 1 atom stereocenters. The molecule has 3 saturated heterocycles. The summed E-state index contributed by atoms with van der Waals surface area (Å²) in [7, 11) is 0. The lowest BCUT2D eigenvalue weighted by atomic mass is 9.79. The number of hydrogen-bond donors (Lipinski definition) is 2. The fourth-order valence-corrected chi connectivity index (χ4v) is 5.69. The number of carbonyl (C=O) groups is 4. The minimum Gasteiger partial charge on any atom is -0.371 e. The Balaban J connectivity index is 0.00000245. The number of nitrogens with one attached hydrogen (secondary N) is 2. The third-order valence-electron chi connectivity index (χ3n) is 7.38. The Kier molecular flexibility index (Phi) is 6.53. The molecular formula is C23H29ClN4O4. The van der Waals surface area contributed by atoms with Gasteiger partial charge in [0.2, 0.25) is 11.8 Å². The molecule has 172 valence electrons. The zero-order valence-electron chi connectivity index (χ0n) is 18.0. The van der Waals surface area contributed by atoms with Gasteiger partial charge >= 0.3 is 0 Å². The van der Waals surface area contributed by atoms with E-state index in [1.807, 2.05) is 12.1 Å². The standard InChI is InChI=1S/C23H28N4O4.ClH/c28-19-5-4-18(21(29)25-19)27-22(30)16-2-1-3-17(20(16)23(27)31)26-12-8-15(9-13-26)14-6-10-24-11-7-14;/h1-3,14-15,18,24H,4-13H2,(H,25,28,29);1H. The Morgan fingerprint density at radius 3 is 2.22 bits per heavy atom. The average molecular weight is 461 g/mol. The largest absolute Gasteiger partial charge is 0.371 e. The predicted octanol–water partition coefficient (Wildman–Crippen LogP) is 1.73. The van der Waals surface area contributed by atoms with Crippen molar-refractivity contribution in [1.29, 1.82) is 0 Å². The second kappa shape index (κ2) is 9.19. The second-order valence-electron chi connectivity index (χ2n) is 9.06. The van der Waals surface area contributed by atoms with Crippen molar-refractivity contribution in [2.45, 2.75) is 44.6 Å². The third-order valence-corrected chi connectivity index (χ3v) is 7.38. The monoisotopic (exact) mass is 460 g/mol. The van der Waals surface area contributed by atoms with Crippen LogP contribution in [0.3, 0.4) is 0 Å². The Labute approximate surface area is 193 Å². The summed E-state index contributed by atoms with van der Waals surface area (Å²) in [6, 6.07) is 4.45. The smallest absolute Gasteiger partial charge is 0.264 e. The Bertz CT molecular complexity index is 938. The summed E-state index contributed by atoms with van der Waals surface area (Å²) in [5.41, 5.74) is 1.54. The third kappa shape index (κ3) is 3.90. The fraction of sp³-hybridized carbons (Fsp3) is 0.565. The van der Waals surface area contributed by atoms with Crippen molar-refractivity contribution in [3.8, 4) is 0 Å². The molecular weight excluding hydrogens is 432 g/mol. The number of amides is 4. The van der Waals surface area contributed by atoms with Crippen LogP contribution in [0.15, 0.2) is 18.2 Å². The van der Waals surface area contributed by atoms with Crippen LogP contribution in [0.2, 0.25) is 0 Å². The fourth-order valence-electron chi connectivity index (χ4n) is 5.69. The minimum atomic E-state index is -0.927. The normalized spacial score (nSPS) is 24.9. The van der Waals surface area contributed by atoms with Crippen molar-refractivity contribution in [1.82, 2.24) is 15.5 Å². The summed E-state index contributed by atoms with van der Waals surface area (Å²) in [5, 5.41) is 5.68. The van der Waals surface area contributed by atoms with Crippen molar-refractivity contribution in [3.05, 3.63) is 29.3 Å². The molecule has 1 unspecified atom stereocenters. The van der Waals surface area contributed by atoms with Gasteiger partial charge in [0, 0.05) is 19.5 Å². The molecule has 1 aromatic rings. The summed E-state index contributed by atoms with van der Waals surface area (Å²) < 4.78 is 0. The molecule has 9 heteroatoms. The van der Waals surface area contributed by atoms with Gasteiger partial charge in [0.05, 0.1) is 16.8 Å². The van der Waals surface area contributed by atoms with Gasteiger partial charge < -0.3 is 10.2 Å². The number of hydrogen-bond acceptors (Lipinski definition) is 6. The van der Waals surface area contributed by atoms with Crippen LogP contribution in [0, 0.1) is 11.8 Å². The van der Waals surface area contributed by atoms with Gasteiger partial charge in [0.15, 0.2) is 0 Å². The first-order chi connectivity index (χ1) is 15.0. The van der Waals surface area contributed by atoms with Crippen LogP contribution in [0.4, 0.5) is 5.69 Å². The molecule has 2 N–H and O–H groups in total. The summed E-state index contributed by atoms with van der Waals surface area (Å²) in [4.78, 5) is 53.4. The molecule has 32 heavy (non-hydrogen) atoms. The Morgan fingerprint density at radius 1 is 0.844 bits per heavy atom. The topological polar surface area (TPSA) is 98.8 Å². The van der Waals surface area contributed by atoms with Crippen LogP contribution in [-0.4, -0.2) is 60.7 Å². The first kappa shape index (κ1) is 22.7. The van der Waals surface area contributed by atoms with Gasteiger partial charge in [-0.05, 0) is 69.2 Å². The lowest BCUT2D eigenvalue weighted by Crippen LogP contribution is -2.54. The van der Waals surface area contributed by atoms with E-state index in [0.717, 1.165) is 55.5 Å². The number of fused-ring (bicyclic) bond motifs is 1. The highest BCUT2D eigenvalue weighted by Gasteiger charge is 2.46. The van der Waals surface area contributed by atoms with Crippen LogP contribution in [0.25, 0.3) is 0 Å². The van der Waals surface area contributed by atoms with E-state index in [9.17, 15) is 19.2 Å². The molecule has 0 radical (unpaired) electrons. The van der Waals surface area contributed by atoms with Crippen LogP contribution < -0.4 is 15.5 Å². The Morgan fingerprint density at radius 2 is 1.53 bits per heavy atom. The highest BCUT2D eigenvalue weighted by molar-refractivity contribution is 6.25. The molecule has 3 fully saturated rings. The predicted molar refractivity (Wildman–Crippen MR) is 121 cm³/mol.